The Kier molecular flexibility index (Phi) is 4.44. The highest BCUT2D eigenvalue weighted by Gasteiger charge is 2.35. The molecule has 2 nitrogen and oxygen atoms in total. The first-order valence-electron chi connectivity index (χ1n) is 12.5. The van der Waals surface area contributed by atoms with Crippen molar-refractivity contribution in [3.8, 4) is 33.5 Å². The Balaban J connectivity index is 1.60. The van der Waals surface area contributed by atoms with Gasteiger partial charge in [-0.25, -0.2) is 0 Å². The zero-order valence-corrected chi connectivity index (χ0v) is 20.7. The average Bonchev–Trinajstić information content (AvgIpc) is 3.14. The van der Waals surface area contributed by atoms with Crippen LogP contribution in [0, 0.1) is 6.92 Å². The molecule has 0 saturated heterocycles. The van der Waals surface area contributed by atoms with Crippen molar-refractivity contribution in [2.75, 3.05) is 0 Å². The van der Waals surface area contributed by atoms with Crippen LogP contribution in [0.1, 0.15) is 30.5 Å². The molecule has 0 amide bonds. The Bertz CT molecular complexity index is 1810. The molecule has 0 aliphatic heterocycles. The van der Waals surface area contributed by atoms with Crippen molar-refractivity contribution in [2.45, 2.75) is 26.2 Å². The second kappa shape index (κ2) is 7.60. The van der Waals surface area contributed by atoms with Crippen LogP contribution >= 0.6 is 0 Å². The van der Waals surface area contributed by atoms with Gasteiger partial charge in [0.25, 0.3) is 0 Å². The summed E-state index contributed by atoms with van der Waals surface area (Å²) in [4.78, 5) is 9.08. The summed E-state index contributed by atoms with van der Waals surface area (Å²) in [5, 5.41) is 4.89. The molecule has 7 rings (SSSR count). The van der Waals surface area contributed by atoms with Gasteiger partial charge in [0.1, 0.15) is 0 Å². The molecular weight excluding hydrogens is 436 g/mol. The Morgan fingerprint density at radius 3 is 2.14 bits per heavy atom. The Hall–Kier alpha value is -4.30. The van der Waals surface area contributed by atoms with Crippen molar-refractivity contribution in [3.63, 3.8) is 0 Å². The predicted molar refractivity (Wildman–Crippen MR) is 150 cm³/mol. The number of aromatic nitrogens is 2. The van der Waals surface area contributed by atoms with Crippen molar-refractivity contribution < 1.29 is 0 Å². The third-order valence-corrected chi connectivity index (χ3v) is 7.87. The standard InChI is InChI=1S/C34H26N2/c1-21-12-14-26-28(18-21)32(24-9-4-5-10-25(24)33(26)31-20-35-16-17-36-31)22-13-15-30-27(19-22)23-8-6-7-11-29(23)34(30,2)3/h4-20H,1-3H3. The maximum Gasteiger partial charge on any atom is 0.0897 e. The smallest absolute Gasteiger partial charge is 0.0897 e. The summed E-state index contributed by atoms with van der Waals surface area (Å²) >= 11 is 0. The molecule has 172 valence electrons. The van der Waals surface area contributed by atoms with Crippen molar-refractivity contribution in [1.82, 2.24) is 9.97 Å². The van der Waals surface area contributed by atoms with Gasteiger partial charge in [0.2, 0.25) is 0 Å². The number of aryl methyl sites for hydroxylation is 1. The molecule has 5 aromatic carbocycles. The fourth-order valence-electron chi connectivity index (χ4n) is 6.18. The van der Waals surface area contributed by atoms with Gasteiger partial charge in [-0.3, -0.25) is 9.97 Å². The summed E-state index contributed by atoms with van der Waals surface area (Å²) in [6, 6.07) is 31.4. The van der Waals surface area contributed by atoms with E-state index in [0.717, 1.165) is 11.3 Å². The Morgan fingerprint density at radius 1 is 0.611 bits per heavy atom. The quantitative estimate of drug-likeness (QED) is 0.240. The Labute approximate surface area is 211 Å². The fourth-order valence-corrected chi connectivity index (χ4v) is 6.18. The van der Waals surface area contributed by atoms with E-state index in [1.165, 1.54) is 60.5 Å². The SMILES string of the molecule is Cc1ccc2c(-c3cnccn3)c3ccccc3c(-c3ccc4c(c3)-c3ccccc3C4(C)C)c2c1. The molecule has 0 radical (unpaired) electrons. The van der Waals surface area contributed by atoms with E-state index in [1.54, 1.807) is 12.4 Å². The van der Waals surface area contributed by atoms with Gasteiger partial charge in [-0.15, -0.1) is 0 Å². The van der Waals surface area contributed by atoms with Crippen LogP contribution in [0.4, 0.5) is 0 Å². The van der Waals surface area contributed by atoms with Gasteiger partial charge in [0.05, 0.1) is 11.9 Å². The lowest BCUT2D eigenvalue weighted by Crippen LogP contribution is -2.14. The lowest BCUT2D eigenvalue weighted by molar-refractivity contribution is 0.660. The zero-order valence-electron chi connectivity index (χ0n) is 20.7. The van der Waals surface area contributed by atoms with E-state index in [1.807, 2.05) is 6.20 Å². The maximum atomic E-state index is 4.70. The summed E-state index contributed by atoms with van der Waals surface area (Å²) < 4.78 is 0. The number of rotatable bonds is 2. The fraction of sp³-hybridized carbons (Fsp3) is 0.118. The van der Waals surface area contributed by atoms with Crippen LogP contribution in [0.25, 0.3) is 55.1 Å². The highest BCUT2D eigenvalue weighted by atomic mass is 14.8. The van der Waals surface area contributed by atoms with Gasteiger partial charge in [-0.2, -0.15) is 0 Å². The molecule has 0 N–H and O–H groups in total. The minimum absolute atomic E-state index is 0.00101. The van der Waals surface area contributed by atoms with Crippen molar-refractivity contribution in [3.05, 3.63) is 120 Å². The van der Waals surface area contributed by atoms with Crippen molar-refractivity contribution in [2.24, 2.45) is 0 Å². The monoisotopic (exact) mass is 462 g/mol. The average molecular weight is 463 g/mol. The van der Waals surface area contributed by atoms with E-state index in [9.17, 15) is 0 Å². The normalized spacial score (nSPS) is 13.6. The van der Waals surface area contributed by atoms with Gasteiger partial charge in [0, 0.05) is 23.4 Å². The first-order valence-corrected chi connectivity index (χ1v) is 12.5. The van der Waals surface area contributed by atoms with Gasteiger partial charge in [-0.05, 0) is 67.9 Å². The lowest BCUT2D eigenvalue weighted by Gasteiger charge is -2.22. The summed E-state index contributed by atoms with van der Waals surface area (Å²) in [6.45, 7) is 6.84. The van der Waals surface area contributed by atoms with Crippen molar-refractivity contribution >= 4 is 21.5 Å². The second-order valence-corrected chi connectivity index (χ2v) is 10.4. The van der Waals surface area contributed by atoms with Crippen LogP contribution in [-0.4, -0.2) is 9.97 Å². The minimum atomic E-state index is 0.00101. The molecule has 1 aromatic heterocycles. The molecule has 2 heteroatoms. The van der Waals surface area contributed by atoms with Gasteiger partial charge in [-0.1, -0.05) is 98.3 Å². The summed E-state index contributed by atoms with van der Waals surface area (Å²) in [7, 11) is 0. The first kappa shape index (κ1) is 21.0. The number of benzene rings is 5. The predicted octanol–water partition coefficient (Wildman–Crippen LogP) is 8.73. The van der Waals surface area contributed by atoms with E-state index in [-0.39, 0.29) is 5.41 Å². The van der Waals surface area contributed by atoms with E-state index >= 15 is 0 Å². The molecule has 1 heterocycles. The maximum absolute atomic E-state index is 4.70. The minimum Gasteiger partial charge on any atom is -0.261 e. The molecule has 36 heavy (non-hydrogen) atoms. The van der Waals surface area contributed by atoms with Crippen LogP contribution in [0.2, 0.25) is 0 Å². The van der Waals surface area contributed by atoms with E-state index < -0.39 is 0 Å². The van der Waals surface area contributed by atoms with Crippen molar-refractivity contribution in [1.29, 1.82) is 0 Å². The molecule has 0 fully saturated rings. The topological polar surface area (TPSA) is 25.8 Å². The molecule has 0 atom stereocenters. The molecule has 0 saturated carbocycles. The number of hydrogen-bond donors (Lipinski definition) is 0. The van der Waals surface area contributed by atoms with Crippen LogP contribution < -0.4 is 0 Å². The second-order valence-electron chi connectivity index (χ2n) is 10.4. The molecule has 0 unspecified atom stereocenters. The third-order valence-electron chi connectivity index (χ3n) is 7.87. The molecule has 1 aliphatic rings. The van der Waals surface area contributed by atoms with Gasteiger partial charge >= 0.3 is 0 Å². The van der Waals surface area contributed by atoms with Crippen LogP contribution in [0.5, 0.6) is 0 Å². The molecule has 6 aromatic rings. The molecule has 1 aliphatic carbocycles. The first-order chi connectivity index (χ1) is 17.5. The van der Waals surface area contributed by atoms with E-state index in [2.05, 4.69) is 111 Å². The van der Waals surface area contributed by atoms with E-state index in [4.69, 9.17) is 4.98 Å². The number of hydrogen-bond acceptors (Lipinski definition) is 2. The highest BCUT2D eigenvalue weighted by molar-refractivity contribution is 6.21. The molecule has 0 bridgehead atoms. The Morgan fingerprint density at radius 2 is 1.33 bits per heavy atom. The summed E-state index contributed by atoms with van der Waals surface area (Å²) in [5.41, 5.74) is 11.3. The summed E-state index contributed by atoms with van der Waals surface area (Å²) in [5.74, 6) is 0. The van der Waals surface area contributed by atoms with Crippen LogP contribution in [0.3, 0.4) is 0 Å². The summed E-state index contributed by atoms with van der Waals surface area (Å²) in [6.07, 6.45) is 5.38. The molecular formula is C34H26N2. The number of nitrogens with zero attached hydrogens (tertiary/aromatic N) is 2. The van der Waals surface area contributed by atoms with Crippen LogP contribution in [0.15, 0.2) is 104 Å². The van der Waals surface area contributed by atoms with Gasteiger partial charge in [0.15, 0.2) is 0 Å². The highest BCUT2D eigenvalue weighted by Crippen LogP contribution is 2.51. The third kappa shape index (κ3) is 2.91. The zero-order chi connectivity index (χ0) is 24.4. The van der Waals surface area contributed by atoms with Gasteiger partial charge < -0.3 is 0 Å². The molecule has 0 spiro atoms. The lowest BCUT2D eigenvalue weighted by atomic mass is 9.81. The van der Waals surface area contributed by atoms with Crippen LogP contribution in [-0.2, 0) is 5.41 Å². The number of fused-ring (bicyclic) bond motifs is 5. The largest absolute Gasteiger partial charge is 0.261 e. The van der Waals surface area contributed by atoms with E-state index in [0.29, 0.717) is 0 Å².